The van der Waals surface area contributed by atoms with Crippen LogP contribution >= 0.6 is 15.9 Å². The lowest BCUT2D eigenvalue weighted by molar-refractivity contribution is -0.137. The molecule has 0 bridgehead atoms. The van der Waals surface area contributed by atoms with Crippen LogP contribution in [0.25, 0.3) is 11.4 Å². The largest absolute Gasteiger partial charge is 0.416 e. The van der Waals surface area contributed by atoms with Gasteiger partial charge in [0, 0.05) is 28.6 Å². The fourth-order valence-electron chi connectivity index (χ4n) is 3.07. The summed E-state index contributed by atoms with van der Waals surface area (Å²) in [7, 11) is 0. The summed E-state index contributed by atoms with van der Waals surface area (Å²) in [6, 6.07) is 7.76. The van der Waals surface area contributed by atoms with Gasteiger partial charge in [-0.25, -0.2) is 0 Å². The van der Waals surface area contributed by atoms with Crippen LogP contribution in [-0.4, -0.2) is 20.9 Å². The predicted molar refractivity (Wildman–Crippen MR) is 119 cm³/mol. The Morgan fingerprint density at radius 1 is 1.09 bits per heavy atom. The summed E-state index contributed by atoms with van der Waals surface area (Å²) >= 11 is 3.31. The Labute approximate surface area is 197 Å². The number of carbonyl (C=O) groups excluding carboxylic acids is 1. The van der Waals surface area contributed by atoms with E-state index in [0.717, 1.165) is 16.6 Å². The first-order chi connectivity index (χ1) is 15.4. The molecule has 2 aromatic heterocycles. The highest BCUT2D eigenvalue weighted by atomic mass is 79.9. The number of aromatic nitrogens is 3. The number of amides is 1. The van der Waals surface area contributed by atoms with Crippen molar-refractivity contribution in [2.75, 3.05) is 0 Å². The second-order valence-electron chi connectivity index (χ2n) is 7.88. The van der Waals surface area contributed by atoms with E-state index in [1.165, 1.54) is 32.3 Å². The van der Waals surface area contributed by atoms with Gasteiger partial charge < -0.3 is 5.32 Å². The summed E-state index contributed by atoms with van der Waals surface area (Å²) in [4.78, 5) is 25.8. The third-order valence-corrected chi connectivity index (χ3v) is 5.45. The summed E-state index contributed by atoms with van der Waals surface area (Å²) < 4.78 is 41.1. The molecule has 0 saturated carbocycles. The molecule has 0 aliphatic carbocycles. The standard InChI is InChI=1S/C23H19BrF3N5O/c1-13(19-20(30-7-6-29-19)18-5-4-17(24)11-31-18)32-21(33)14-8-15(22(2,3)12-28)10-16(9-14)23(25,26)27/h4-11,13H,1-3H3,(H,32,33). The normalized spacial score (nSPS) is 12.7. The fraction of sp³-hybridized carbons (Fsp3) is 0.261. The number of hydrogen-bond acceptors (Lipinski definition) is 5. The predicted octanol–water partition coefficient (Wildman–Crippen LogP) is 5.61. The van der Waals surface area contributed by atoms with Crippen LogP contribution in [0, 0.1) is 11.3 Å². The van der Waals surface area contributed by atoms with Gasteiger partial charge in [-0.05, 0) is 72.6 Å². The van der Waals surface area contributed by atoms with Crippen LogP contribution in [0.3, 0.4) is 0 Å². The van der Waals surface area contributed by atoms with Gasteiger partial charge in [-0.15, -0.1) is 0 Å². The molecule has 33 heavy (non-hydrogen) atoms. The Hall–Kier alpha value is -3.32. The lowest BCUT2D eigenvalue weighted by atomic mass is 9.84. The van der Waals surface area contributed by atoms with Crippen molar-refractivity contribution in [3.8, 4) is 17.5 Å². The summed E-state index contributed by atoms with van der Waals surface area (Å²) in [6.45, 7) is 4.63. The molecular formula is C23H19BrF3N5O. The average Bonchev–Trinajstić information content (AvgIpc) is 2.78. The van der Waals surface area contributed by atoms with Crippen LogP contribution < -0.4 is 5.32 Å². The quantitative estimate of drug-likeness (QED) is 0.474. The van der Waals surface area contributed by atoms with Gasteiger partial charge in [0.1, 0.15) is 5.69 Å². The topological polar surface area (TPSA) is 91.6 Å². The first-order valence-electron chi connectivity index (χ1n) is 9.80. The molecule has 6 nitrogen and oxygen atoms in total. The average molecular weight is 518 g/mol. The van der Waals surface area contributed by atoms with Gasteiger partial charge in [-0.2, -0.15) is 18.4 Å². The van der Waals surface area contributed by atoms with Gasteiger partial charge in [0.15, 0.2) is 0 Å². The SMILES string of the molecule is CC(NC(=O)c1cc(C(F)(F)F)cc(C(C)(C)C#N)c1)c1nccnc1-c1ccc(Br)cn1. The molecule has 170 valence electrons. The highest BCUT2D eigenvalue weighted by molar-refractivity contribution is 9.10. The third-order valence-electron chi connectivity index (χ3n) is 4.98. The molecule has 0 aliphatic rings. The maximum atomic E-state index is 13.5. The van der Waals surface area contributed by atoms with Crippen LogP contribution in [-0.2, 0) is 11.6 Å². The molecule has 3 rings (SSSR count). The zero-order valence-electron chi connectivity index (χ0n) is 17.9. The molecule has 0 aliphatic heterocycles. The Bertz CT molecular complexity index is 1220. The van der Waals surface area contributed by atoms with E-state index >= 15 is 0 Å². The van der Waals surface area contributed by atoms with Crippen molar-refractivity contribution in [1.29, 1.82) is 5.26 Å². The zero-order chi connectivity index (χ0) is 24.4. The summed E-state index contributed by atoms with van der Waals surface area (Å²) in [5.74, 6) is -0.732. The Morgan fingerprint density at radius 2 is 1.76 bits per heavy atom. The first kappa shape index (κ1) is 24.3. The van der Waals surface area contributed by atoms with E-state index in [1.807, 2.05) is 6.07 Å². The first-order valence-corrected chi connectivity index (χ1v) is 10.6. The number of hydrogen-bond donors (Lipinski definition) is 1. The number of carbonyl (C=O) groups is 1. The number of nitrogens with zero attached hydrogens (tertiary/aromatic N) is 4. The Morgan fingerprint density at radius 3 is 2.36 bits per heavy atom. The molecule has 1 aromatic carbocycles. The van der Waals surface area contributed by atoms with Gasteiger partial charge in [0.05, 0.1) is 34.5 Å². The lowest BCUT2D eigenvalue weighted by Crippen LogP contribution is -2.29. The minimum atomic E-state index is -4.67. The van der Waals surface area contributed by atoms with Crippen molar-refractivity contribution in [2.24, 2.45) is 0 Å². The Balaban J connectivity index is 1.96. The second-order valence-corrected chi connectivity index (χ2v) is 8.80. The minimum Gasteiger partial charge on any atom is -0.344 e. The molecule has 3 aromatic rings. The van der Waals surface area contributed by atoms with Crippen molar-refractivity contribution in [1.82, 2.24) is 20.3 Å². The molecule has 0 radical (unpaired) electrons. The van der Waals surface area contributed by atoms with Gasteiger partial charge in [-0.1, -0.05) is 0 Å². The van der Waals surface area contributed by atoms with Crippen molar-refractivity contribution in [3.63, 3.8) is 0 Å². The van der Waals surface area contributed by atoms with Crippen LogP contribution in [0.4, 0.5) is 13.2 Å². The fourth-order valence-corrected chi connectivity index (χ4v) is 3.31. The monoisotopic (exact) mass is 517 g/mol. The number of nitrogens with one attached hydrogen (secondary N) is 1. The molecule has 1 atom stereocenters. The van der Waals surface area contributed by atoms with E-state index in [9.17, 15) is 23.2 Å². The zero-order valence-corrected chi connectivity index (χ0v) is 19.5. The van der Waals surface area contributed by atoms with E-state index in [4.69, 9.17) is 0 Å². The van der Waals surface area contributed by atoms with E-state index in [0.29, 0.717) is 17.1 Å². The minimum absolute atomic E-state index is 0.0943. The molecule has 0 spiro atoms. The van der Waals surface area contributed by atoms with E-state index in [1.54, 1.807) is 25.3 Å². The second kappa shape index (κ2) is 9.27. The highest BCUT2D eigenvalue weighted by Crippen LogP contribution is 2.34. The summed E-state index contributed by atoms with van der Waals surface area (Å²) in [6.07, 6.45) is -0.135. The molecule has 1 amide bonds. The lowest BCUT2D eigenvalue weighted by Gasteiger charge is -2.20. The molecule has 10 heteroatoms. The number of benzene rings is 1. The summed E-state index contributed by atoms with van der Waals surface area (Å²) in [5, 5.41) is 12.0. The molecular weight excluding hydrogens is 499 g/mol. The Kier molecular flexibility index (Phi) is 6.84. The van der Waals surface area contributed by atoms with E-state index in [2.05, 4.69) is 36.2 Å². The van der Waals surface area contributed by atoms with Gasteiger partial charge in [0.2, 0.25) is 0 Å². The number of rotatable bonds is 5. The third kappa shape index (κ3) is 5.54. The van der Waals surface area contributed by atoms with E-state index in [-0.39, 0.29) is 11.1 Å². The molecule has 0 saturated heterocycles. The van der Waals surface area contributed by atoms with Crippen LogP contribution in [0.2, 0.25) is 0 Å². The van der Waals surface area contributed by atoms with Crippen molar-refractivity contribution in [3.05, 3.63) is 75.8 Å². The maximum absolute atomic E-state index is 13.5. The number of nitriles is 1. The van der Waals surface area contributed by atoms with Gasteiger partial charge >= 0.3 is 6.18 Å². The number of alkyl halides is 3. The van der Waals surface area contributed by atoms with Crippen molar-refractivity contribution < 1.29 is 18.0 Å². The van der Waals surface area contributed by atoms with Crippen molar-refractivity contribution in [2.45, 2.75) is 38.4 Å². The van der Waals surface area contributed by atoms with Crippen LogP contribution in [0.5, 0.6) is 0 Å². The van der Waals surface area contributed by atoms with Gasteiger partial charge in [0.25, 0.3) is 5.91 Å². The molecule has 2 heterocycles. The smallest absolute Gasteiger partial charge is 0.344 e. The number of pyridine rings is 1. The maximum Gasteiger partial charge on any atom is 0.416 e. The molecule has 1 N–H and O–H groups in total. The van der Waals surface area contributed by atoms with E-state index < -0.39 is 29.1 Å². The van der Waals surface area contributed by atoms with Crippen LogP contribution in [0.1, 0.15) is 54.0 Å². The van der Waals surface area contributed by atoms with Crippen LogP contribution in [0.15, 0.2) is 53.4 Å². The van der Waals surface area contributed by atoms with Gasteiger partial charge in [-0.3, -0.25) is 19.7 Å². The highest BCUT2D eigenvalue weighted by Gasteiger charge is 2.34. The van der Waals surface area contributed by atoms with Crippen molar-refractivity contribution >= 4 is 21.8 Å². The molecule has 1 unspecified atom stereocenters. The number of halogens is 4. The summed E-state index contributed by atoms with van der Waals surface area (Å²) in [5.41, 5.74) is -0.954. The molecule has 0 fully saturated rings.